The number of hydrogen-bond acceptors (Lipinski definition) is 2. The molecule has 1 heterocycles. The molecule has 5 heteroatoms. The first kappa shape index (κ1) is 11.9. The fraction of sp³-hybridized carbons (Fsp3) is 0. The summed E-state index contributed by atoms with van der Waals surface area (Å²) in [6.07, 6.45) is 1.43. The van der Waals surface area contributed by atoms with Crippen LogP contribution in [0, 0.1) is 0 Å². The molecule has 2 aromatic rings. The lowest BCUT2D eigenvalue weighted by Crippen LogP contribution is -2.02. The summed E-state index contributed by atoms with van der Waals surface area (Å²) in [5, 5.41) is 9.94. The van der Waals surface area contributed by atoms with Crippen LogP contribution in [-0.4, -0.2) is 16.1 Å². The number of aromatic nitrogens is 1. The number of carboxylic acid groups (broad SMARTS) is 1. The minimum atomic E-state index is -1.09. The number of halogens is 2. The average molecular weight is 268 g/mol. The Morgan fingerprint density at radius 3 is 2.59 bits per heavy atom. The molecule has 0 saturated heterocycles. The average Bonchev–Trinajstić information content (AvgIpc) is 2.29. The molecule has 0 aliphatic rings. The van der Waals surface area contributed by atoms with Crippen molar-refractivity contribution in [1.29, 1.82) is 0 Å². The molecular weight excluding hydrogens is 261 g/mol. The molecule has 0 fully saturated rings. The molecule has 17 heavy (non-hydrogen) atoms. The first-order valence-electron chi connectivity index (χ1n) is 4.73. The highest BCUT2D eigenvalue weighted by Crippen LogP contribution is 2.31. The highest BCUT2D eigenvalue weighted by molar-refractivity contribution is 6.36. The van der Waals surface area contributed by atoms with Crippen LogP contribution in [0.2, 0.25) is 10.0 Å². The van der Waals surface area contributed by atoms with Crippen molar-refractivity contribution in [2.75, 3.05) is 0 Å². The van der Waals surface area contributed by atoms with E-state index in [1.54, 1.807) is 30.3 Å². The van der Waals surface area contributed by atoms with Gasteiger partial charge in [-0.1, -0.05) is 35.3 Å². The van der Waals surface area contributed by atoms with E-state index in [4.69, 9.17) is 28.3 Å². The molecule has 0 radical (unpaired) electrons. The fourth-order valence-corrected chi connectivity index (χ4v) is 2.01. The van der Waals surface area contributed by atoms with E-state index in [2.05, 4.69) is 4.98 Å². The summed E-state index contributed by atoms with van der Waals surface area (Å²) in [6, 6.07) is 8.21. The van der Waals surface area contributed by atoms with Gasteiger partial charge in [-0.2, -0.15) is 0 Å². The number of hydrogen-bond donors (Lipinski definition) is 1. The molecule has 2 rings (SSSR count). The molecule has 0 unspecified atom stereocenters. The summed E-state index contributed by atoms with van der Waals surface area (Å²) < 4.78 is 0. The summed E-state index contributed by atoms with van der Waals surface area (Å²) in [6.45, 7) is 0. The van der Waals surface area contributed by atoms with E-state index in [0.717, 1.165) is 0 Å². The van der Waals surface area contributed by atoms with Crippen molar-refractivity contribution in [1.82, 2.24) is 4.98 Å². The number of carboxylic acids is 1. The van der Waals surface area contributed by atoms with Crippen molar-refractivity contribution in [2.45, 2.75) is 0 Å². The Balaban J connectivity index is 2.64. The second-order valence-electron chi connectivity index (χ2n) is 3.33. The normalized spacial score (nSPS) is 10.2. The lowest BCUT2D eigenvalue weighted by Gasteiger charge is -2.07. The van der Waals surface area contributed by atoms with Crippen molar-refractivity contribution >= 4 is 29.2 Å². The SMILES string of the molecule is O=C(O)c1ncccc1-c1ccc(Cl)cc1Cl. The summed E-state index contributed by atoms with van der Waals surface area (Å²) in [5.41, 5.74) is 1.04. The van der Waals surface area contributed by atoms with E-state index in [1.165, 1.54) is 6.20 Å². The van der Waals surface area contributed by atoms with Crippen molar-refractivity contribution < 1.29 is 9.90 Å². The lowest BCUT2D eigenvalue weighted by molar-refractivity contribution is 0.0691. The number of rotatable bonds is 2. The molecule has 0 atom stereocenters. The maximum absolute atomic E-state index is 11.0. The Kier molecular flexibility index (Phi) is 3.31. The largest absolute Gasteiger partial charge is 0.476 e. The lowest BCUT2D eigenvalue weighted by atomic mass is 10.0. The van der Waals surface area contributed by atoms with Gasteiger partial charge in [-0.3, -0.25) is 0 Å². The summed E-state index contributed by atoms with van der Waals surface area (Å²) in [7, 11) is 0. The van der Waals surface area contributed by atoms with E-state index in [1.807, 2.05) is 0 Å². The molecule has 0 amide bonds. The van der Waals surface area contributed by atoms with E-state index in [-0.39, 0.29) is 5.69 Å². The van der Waals surface area contributed by atoms with Crippen LogP contribution < -0.4 is 0 Å². The number of nitrogens with zero attached hydrogens (tertiary/aromatic N) is 1. The van der Waals surface area contributed by atoms with Gasteiger partial charge < -0.3 is 5.11 Å². The second kappa shape index (κ2) is 4.73. The van der Waals surface area contributed by atoms with Crippen molar-refractivity contribution in [2.24, 2.45) is 0 Å². The van der Waals surface area contributed by atoms with E-state index in [9.17, 15) is 4.79 Å². The summed E-state index contributed by atoms with van der Waals surface area (Å²) in [4.78, 5) is 14.9. The number of aromatic carboxylic acids is 1. The Morgan fingerprint density at radius 1 is 1.18 bits per heavy atom. The van der Waals surface area contributed by atoms with Gasteiger partial charge in [-0.15, -0.1) is 0 Å². The standard InChI is InChI=1S/C12H7Cl2NO2/c13-7-3-4-8(10(14)6-7)9-2-1-5-15-11(9)12(16)17/h1-6H,(H,16,17). The number of carbonyl (C=O) groups is 1. The third-order valence-electron chi connectivity index (χ3n) is 2.23. The maximum atomic E-state index is 11.0. The van der Waals surface area contributed by atoms with Gasteiger partial charge in [-0.05, 0) is 18.2 Å². The fourth-order valence-electron chi connectivity index (χ4n) is 1.50. The van der Waals surface area contributed by atoms with Crippen LogP contribution in [0.25, 0.3) is 11.1 Å². The van der Waals surface area contributed by atoms with Crippen LogP contribution in [-0.2, 0) is 0 Å². The Hall–Kier alpha value is -1.58. The highest BCUT2D eigenvalue weighted by atomic mass is 35.5. The second-order valence-corrected chi connectivity index (χ2v) is 4.17. The monoisotopic (exact) mass is 267 g/mol. The van der Waals surface area contributed by atoms with Gasteiger partial charge in [-0.25, -0.2) is 9.78 Å². The molecule has 0 aliphatic heterocycles. The molecular formula is C12H7Cl2NO2. The Labute approximate surface area is 108 Å². The molecule has 0 spiro atoms. The molecule has 1 aromatic heterocycles. The molecule has 86 valence electrons. The molecule has 0 bridgehead atoms. The van der Waals surface area contributed by atoms with Crippen molar-refractivity contribution in [3.05, 3.63) is 52.3 Å². The minimum absolute atomic E-state index is 0.0308. The smallest absolute Gasteiger partial charge is 0.355 e. The molecule has 3 nitrogen and oxygen atoms in total. The summed E-state index contributed by atoms with van der Waals surface area (Å²) >= 11 is 11.8. The van der Waals surface area contributed by atoms with Crippen LogP contribution >= 0.6 is 23.2 Å². The highest BCUT2D eigenvalue weighted by Gasteiger charge is 2.14. The van der Waals surface area contributed by atoms with Crippen LogP contribution in [0.1, 0.15) is 10.5 Å². The molecule has 0 saturated carbocycles. The van der Waals surface area contributed by atoms with Crippen LogP contribution in [0.15, 0.2) is 36.5 Å². The molecule has 0 aliphatic carbocycles. The third kappa shape index (κ3) is 2.40. The van der Waals surface area contributed by atoms with Gasteiger partial charge in [0.2, 0.25) is 0 Å². The third-order valence-corrected chi connectivity index (χ3v) is 2.78. The van der Waals surface area contributed by atoms with Gasteiger partial charge in [0, 0.05) is 27.4 Å². The van der Waals surface area contributed by atoms with Crippen LogP contribution in [0.4, 0.5) is 0 Å². The maximum Gasteiger partial charge on any atom is 0.355 e. The number of benzene rings is 1. The predicted octanol–water partition coefficient (Wildman–Crippen LogP) is 3.75. The van der Waals surface area contributed by atoms with Gasteiger partial charge in [0.05, 0.1) is 0 Å². The topological polar surface area (TPSA) is 50.2 Å². The zero-order valence-corrected chi connectivity index (χ0v) is 10.0. The van der Waals surface area contributed by atoms with Gasteiger partial charge in [0.25, 0.3) is 0 Å². The van der Waals surface area contributed by atoms with Crippen molar-refractivity contribution in [3.8, 4) is 11.1 Å². The Morgan fingerprint density at radius 2 is 1.94 bits per heavy atom. The van der Waals surface area contributed by atoms with Gasteiger partial charge in [0.15, 0.2) is 5.69 Å². The van der Waals surface area contributed by atoms with Gasteiger partial charge in [0.1, 0.15) is 0 Å². The van der Waals surface area contributed by atoms with Crippen LogP contribution in [0.3, 0.4) is 0 Å². The predicted molar refractivity (Wildman–Crippen MR) is 66.7 cm³/mol. The molecule has 1 aromatic carbocycles. The first-order chi connectivity index (χ1) is 8.09. The Bertz CT molecular complexity index is 584. The first-order valence-corrected chi connectivity index (χ1v) is 5.49. The number of pyridine rings is 1. The van der Waals surface area contributed by atoms with Crippen LogP contribution in [0.5, 0.6) is 0 Å². The van der Waals surface area contributed by atoms with E-state index in [0.29, 0.717) is 21.2 Å². The zero-order valence-electron chi connectivity index (χ0n) is 8.52. The zero-order chi connectivity index (χ0) is 12.4. The quantitative estimate of drug-likeness (QED) is 0.902. The van der Waals surface area contributed by atoms with E-state index >= 15 is 0 Å². The van der Waals surface area contributed by atoms with Crippen molar-refractivity contribution in [3.63, 3.8) is 0 Å². The summed E-state index contributed by atoms with van der Waals surface area (Å²) in [5.74, 6) is -1.09. The minimum Gasteiger partial charge on any atom is -0.476 e. The van der Waals surface area contributed by atoms with E-state index < -0.39 is 5.97 Å². The molecule has 1 N–H and O–H groups in total. The van der Waals surface area contributed by atoms with Gasteiger partial charge >= 0.3 is 5.97 Å².